The van der Waals surface area contributed by atoms with Crippen molar-refractivity contribution in [3.05, 3.63) is 59.7 Å². The van der Waals surface area contributed by atoms with Crippen LogP contribution in [0.15, 0.2) is 48.5 Å². The number of rotatable bonds is 9. The van der Waals surface area contributed by atoms with E-state index in [1.807, 2.05) is 74.2 Å². The number of amides is 2. The molecule has 0 radical (unpaired) electrons. The molecule has 1 atom stereocenters. The highest BCUT2D eigenvalue weighted by Crippen LogP contribution is 2.31. The molecule has 0 aromatic heterocycles. The number of carbonyl (C=O) groups is 2. The highest BCUT2D eigenvalue weighted by molar-refractivity contribution is 5.80. The first-order valence-corrected chi connectivity index (χ1v) is 11.8. The number of benzene rings is 2. The molecule has 1 N–H and O–H groups in total. The quantitative estimate of drug-likeness (QED) is 0.607. The lowest BCUT2D eigenvalue weighted by Crippen LogP contribution is -2.43. The van der Waals surface area contributed by atoms with Crippen LogP contribution in [-0.2, 0) is 16.0 Å². The standard InChI is InChI=1S/C27H36N2O4/c1-19(2)33-24-12-11-23(18-25(24)32-4)20(3)28-27(31)22-14-16-29(17-15-22)26(30)13-10-21-8-6-5-7-9-21/h5-9,11-12,18-20,22H,10,13-17H2,1-4H3,(H,28,31). The molecular formula is C27H36N2O4. The summed E-state index contributed by atoms with van der Waals surface area (Å²) in [6, 6.07) is 15.7. The Labute approximate surface area is 197 Å². The van der Waals surface area contributed by atoms with Crippen molar-refractivity contribution >= 4 is 11.8 Å². The topological polar surface area (TPSA) is 67.9 Å². The van der Waals surface area contributed by atoms with Gasteiger partial charge in [-0.1, -0.05) is 36.4 Å². The first-order valence-electron chi connectivity index (χ1n) is 11.8. The average Bonchev–Trinajstić information content (AvgIpc) is 2.83. The van der Waals surface area contributed by atoms with Crippen LogP contribution in [0.1, 0.15) is 57.2 Å². The van der Waals surface area contributed by atoms with Crippen LogP contribution in [0.4, 0.5) is 0 Å². The molecule has 0 aliphatic carbocycles. The van der Waals surface area contributed by atoms with Gasteiger partial charge < -0.3 is 19.7 Å². The van der Waals surface area contributed by atoms with Crippen molar-refractivity contribution in [3.8, 4) is 11.5 Å². The van der Waals surface area contributed by atoms with E-state index in [4.69, 9.17) is 9.47 Å². The van der Waals surface area contributed by atoms with E-state index in [2.05, 4.69) is 5.32 Å². The third-order valence-electron chi connectivity index (χ3n) is 6.10. The van der Waals surface area contributed by atoms with E-state index >= 15 is 0 Å². The van der Waals surface area contributed by atoms with Gasteiger partial charge in [0.25, 0.3) is 0 Å². The fraction of sp³-hybridized carbons (Fsp3) is 0.481. The maximum atomic E-state index is 12.9. The Bertz CT molecular complexity index is 921. The number of methoxy groups -OCH3 is 1. The number of ether oxygens (including phenoxy) is 2. The van der Waals surface area contributed by atoms with Crippen LogP contribution in [0.2, 0.25) is 0 Å². The van der Waals surface area contributed by atoms with Crippen LogP contribution in [0.5, 0.6) is 11.5 Å². The molecule has 3 rings (SSSR count). The van der Waals surface area contributed by atoms with E-state index in [-0.39, 0.29) is 29.9 Å². The highest BCUT2D eigenvalue weighted by atomic mass is 16.5. The summed E-state index contributed by atoms with van der Waals surface area (Å²) in [4.78, 5) is 27.3. The third-order valence-corrected chi connectivity index (χ3v) is 6.10. The highest BCUT2D eigenvalue weighted by Gasteiger charge is 2.28. The molecule has 1 aliphatic rings. The molecular weight excluding hydrogens is 416 g/mol. The summed E-state index contributed by atoms with van der Waals surface area (Å²) in [5.74, 6) is 1.49. The SMILES string of the molecule is COc1cc(C(C)NC(=O)C2CCN(C(=O)CCc3ccccc3)CC2)ccc1OC(C)C. The molecule has 2 amide bonds. The van der Waals surface area contributed by atoms with Crippen molar-refractivity contribution in [2.75, 3.05) is 20.2 Å². The summed E-state index contributed by atoms with van der Waals surface area (Å²) in [7, 11) is 1.62. The predicted octanol–water partition coefficient (Wildman–Crippen LogP) is 4.53. The second-order valence-electron chi connectivity index (χ2n) is 8.95. The number of carbonyl (C=O) groups excluding carboxylic acids is 2. The van der Waals surface area contributed by atoms with Crippen LogP contribution in [0.25, 0.3) is 0 Å². The van der Waals surface area contributed by atoms with Gasteiger partial charge in [-0.3, -0.25) is 9.59 Å². The lowest BCUT2D eigenvalue weighted by molar-refractivity contribution is -0.135. The van der Waals surface area contributed by atoms with Crippen LogP contribution in [0.3, 0.4) is 0 Å². The molecule has 1 saturated heterocycles. The van der Waals surface area contributed by atoms with Gasteiger partial charge in [0.2, 0.25) is 11.8 Å². The number of nitrogens with zero attached hydrogens (tertiary/aromatic N) is 1. The minimum Gasteiger partial charge on any atom is -0.493 e. The first-order chi connectivity index (χ1) is 15.9. The van der Waals surface area contributed by atoms with E-state index in [1.165, 1.54) is 5.56 Å². The normalized spacial score (nSPS) is 15.2. The van der Waals surface area contributed by atoms with Crippen molar-refractivity contribution in [2.45, 2.75) is 58.6 Å². The number of piperidine rings is 1. The summed E-state index contributed by atoms with van der Waals surface area (Å²) in [5, 5.41) is 3.13. The summed E-state index contributed by atoms with van der Waals surface area (Å²) in [6.07, 6.45) is 2.71. The maximum absolute atomic E-state index is 12.9. The minimum atomic E-state index is -0.148. The fourth-order valence-electron chi connectivity index (χ4n) is 4.16. The number of nitrogens with one attached hydrogen (secondary N) is 1. The average molecular weight is 453 g/mol. The predicted molar refractivity (Wildman–Crippen MR) is 129 cm³/mol. The van der Waals surface area contributed by atoms with Gasteiger partial charge in [-0.15, -0.1) is 0 Å². The summed E-state index contributed by atoms with van der Waals surface area (Å²) in [5.41, 5.74) is 2.14. The Morgan fingerprint density at radius 3 is 2.36 bits per heavy atom. The van der Waals surface area contributed by atoms with Crippen molar-refractivity contribution in [2.24, 2.45) is 5.92 Å². The molecule has 6 nitrogen and oxygen atoms in total. The molecule has 33 heavy (non-hydrogen) atoms. The molecule has 0 spiro atoms. The fourth-order valence-corrected chi connectivity index (χ4v) is 4.16. The summed E-state index contributed by atoms with van der Waals surface area (Å²) in [6.45, 7) is 7.18. The van der Waals surface area contributed by atoms with Crippen molar-refractivity contribution < 1.29 is 19.1 Å². The largest absolute Gasteiger partial charge is 0.493 e. The molecule has 1 fully saturated rings. The summed E-state index contributed by atoms with van der Waals surface area (Å²) < 4.78 is 11.2. The Morgan fingerprint density at radius 1 is 1.03 bits per heavy atom. The Hall–Kier alpha value is -3.02. The maximum Gasteiger partial charge on any atom is 0.223 e. The third kappa shape index (κ3) is 6.98. The van der Waals surface area contributed by atoms with Crippen LogP contribution >= 0.6 is 0 Å². The number of hydrogen-bond donors (Lipinski definition) is 1. The van der Waals surface area contributed by atoms with Crippen LogP contribution < -0.4 is 14.8 Å². The Kier molecular flexibility index (Phi) is 8.75. The summed E-state index contributed by atoms with van der Waals surface area (Å²) >= 11 is 0. The molecule has 1 heterocycles. The number of aryl methyl sites for hydroxylation is 1. The lowest BCUT2D eigenvalue weighted by atomic mass is 9.94. The van der Waals surface area contributed by atoms with Gasteiger partial charge in [0.05, 0.1) is 19.3 Å². The zero-order chi connectivity index (χ0) is 23.8. The van der Waals surface area contributed by atoms with E-state index in [9.17, 15) is 9.59 Å². The Balaban J connectivity index is 1.48. The van der Waals surface area contributed by atoms with Gasteiger partial charge >= 0.3 is 0 Å². The number of likely N-dealkylation sites (tertiary alicyclic amines) is 1. The molecule has 178 valence electrons. The van der Waals surface area contributed by atoms with Gasteiger partial charge in [0.15, 0.2) is 11.5 Å². The van der Waals surface area contributed by atoms with Gasteiger partial charge in [-0.2, -0.15) is 0 Å². The molecule has 2 aromatic rings. The Morgan fingerprint density at radius 2 is 1.73 bits per heavy atom. The van der Waals surface area contributed by atoms with E-state index in [0.717, 1.165) is 12.0 Å². The molecule has 0 bridgehead atoms. The zero-order valence-electron chi connectivity index (χ0n) is 20.2. The van der Waals surface area contributed by atoms with Gasteiger partial charge in [0.1, 0.15) is 0 Å². The van der Waals surface area contributed by atoms with Crippen LogP contribution in [-0.4, -0.2) is 43.0 Å². The van der Waals surface area contributed by atoms with Gasteiger partial charge in [0, 0.05) is 25.4 Å². The molecule has 2 aromatic carbocycles. The minimum absolute atomic E-state index is 0.0420. The first kappa shape index (κ1) is 24.6. The van der Waals surface area contributed by atoms with E-state index in [1.54, 1.807) is 7.11 Å². The smallest absolute Gasteiger partial charge is 0.223 e. The van der Waals surface area contributed by atoms with Gasteiger partial charge in [-0.05, 0) is 63.3 Å². The van der Waals surface area contributed by atoms with E-state index < -0.39 is 0 Å². The van der Waals surface area contributed by atoms with Crippen LogP contribution in [0, 0.1) is 5.92 Å². The van der Waals surface area contributed by atoms with Gasteiger partial charge in [-0.25, -0.2) is 0 Å². The molecule has 0 saturated carbocycles. The van der Waals surface area contributed by atoms with Crippen molar-refractivity contribution in [3.63, 3.8) is 0 Å². The lowest BCUT2D eigenvalue weighted by Gasteiger charge is -2.32. The number of hydrogen-bond acceptors (Lipinski definition) is 4. The zero-order valence-corrected chi connectivity index (χ0v) is 20.2. The monoisotopic (exact) mass is 452 g/mol. The van der Waals surface area contributed by atoms with Crippen molar-refractivity contribution in [1.29, 1.82) is 0 Å². The molecule has 1 aliphatic heterocycles. The van der Waals surface area contributed by atoms with E-state index in [0.29, 0.717) is 43.9 Å². The second kappa shape index (κ2) is 11.7. The van der Waals surface area contributed by atoms with Crippen molar-refractivity contribution in [1.82, 2.24) is 10.2 Å². The molecule has 6 heteroatoms. The second-order valence-corrected chi connectivity index (χ2v) is 8.95. The molecule has 1 unspecified atom stereocenters.